The van der Waals surface area contributed by atoms with Crippen molar-refractivity contribution in [1.82, 2.24) is 4.90 Å². The zero-order valence-corrected chi connectivity index (χ0v) is 12.3. The highest BCUT2D eigenvalue weighted by atomic mass is 15.2. The van der Waals surface area contributed by atoms with Gasteiger partial charge in [-0.15, -0.1) is 0 Å². The largest absolute Gasteiger partial charge is 0.293 e. The van der Waals surface area contributed by atoms with Crippen LogP contribution in [0.2, 0.25) is 0 Å². The van der Waals surface area contributed by atoms with Crippen molar-refractivity contribution in [2.24, 2.45) is 5.92 Å². The van der Waals surface area contributed by atoms with Crippen LogP contribution >= 0.6 is 0 Å². The molecule has 2 atom stereocenters. The molecule has 0 N–H and O–H groups in total. The van der Waals surface area contributed by atoms with Crippen molar-refractivity contribution in [3.8, 4) is 0 Å². The topological polar surface area (TPSA) is 3.24 Å². The fourth-order valence-corrected chi connectivity index (χ4v) is 4.43. The van der Waals surface area contributed by atoms with Crippen LogP contribution in [-0.2, 0) is 5.54 Å². The van der Waals surface area contributed by atoms with Crippen molar-refractivity contribution in [3.63, 3.8) is 0 Å². The van der Waals surface area contributed by atoms with Gasteiger partial charge in [-0.3, -0.25) is 4.90 Å². The Hall–Kier alpha value is -0.820. The molecule has 1 saturated carbocycles. The Morgan fingerprint density at radius 3 is 2.37 bits per heavy atom. The highest BCUT2D eigenvalue weighted by Gasteiger charge is 2.44. The molecule has 1 aromatic carbocycles. The van der Waals surface area contributed by atoms with Crippen molar-refractivity contribution in [1.29, 1.82) is 0 Å². The Kier molecular flexibility index (Phi) is 3.93. The van der Waals surface area contributed by atoms with Crippen molar-refractivity contribution in [2.45, 2.75) is 57.4 Å². The highest BCUT2D eigenvalue weighted by Crippen LogP contribution is 2.47. The molecule has 1 nitrogen and oxygen atoms in total. The quantitative estimate of drug-likeness (QED) is 0.749. The lowest BCUT2D eigenvalue weighted by molar-refractivity contribution is -0.0110. The minimum atomic E-state index is 0.333. The molecule has 0 radical (unpaired) electrons. The first-order valence-corrected chi connectivity index (χ1v) is 8.14. The van der Waals surface area contributed by atoms with Crippen LogP contribution in [-0.4, -0.2) is 18.0 Å². The highest BCUT2D eigenvalue weighted by molar-refractivity contribution is 5.26. The molecule has 1 aliphatic heterocycles. The molecule has 2 fully saturated rings. The molecule has 1 heterocycles. The van der Waals surface area contributed by atoms with Gasteiger partial charge in [0.2, 0.25) is 0 Å². The standard InChI is InChI=1S/C18H27N/c1-16-10-6-7-13-18(16,17-11-4-2-5-12-17)19-14-8-3-9-15-19/h2,4-5,11-12,16H,3,6-10,13-15H2,1H3/t16-,18-/m1/s1. The number of rotatable bonds is 2. The van der Waals surface area contributed by atoms with Crippen molar-refractivity contribution in [3.05, 3.63) is 35.9 Å². The van der Waals surface area contributed by atoms with E-state index in [1.807, 2.05) is 0 Å². The van der Waals surface area contributed by atoms with Crippen molar-refractivity contribution < 1.29 is 0 Å². The number of piperidine rings is 1. The lowest BCUT2D eigenvalue weighted by Gasteiger charge is -2.52. The summed E-state index contributed by atoms with van der Waals surface area (Å²) in [4.78, 5) is 2.83. The minimum absolute atomic E-state index is 0.333. The van der Waals surface area contributed by atoms with Gasteiger partial charge in [-0.25, -0.2) is 0 Å². The zero-order chi connectivity index (χ0) is 13.1. The maximum Gasteiger partial charge on any atom is 0.0486 e. The Morgan fingerprint density at radius 1 is 0.947 bits per heavy atom. The monoisotopic (exact) mass is 257 g/mol. The van der Waals surface area contributed by atoms with Crippen LogP contribution in [0.5, 0.6) is 0 Å². The molecule has 0 spiro atoms. The van der Waals surface area contributed by atoms with Gasteiger partial charge in [-0.2, -0.15) is 0 Å². The van der Waals surface area contributed by atoms with E-state index in [-0.39, 0.29) is 0 Å². The number of nitrogens with zero attached hydrogens (tertiary/aromatic N) is 1. The van der Waals surface area contributed by atoms with Gasteiger partial charge in [0.25, 0.3) is 0 Å². The van der Waals surface area contributed by atoms with Crippen LogP contribution in [0.4, 0.5) is 0 Å². The molecule has 104 valence electrons. The van der Waals surface area contributed by atoms with E-state index in [2.05, 4.69) is 42.2 Å². The maximum absolute atomic E-state index is 2.83. The van der Waals surface area contributed by atoms with Crippen molar-refractivity contribution >= 4 is 0 Å². The lowest BCUT2D eigenvalue weighted by Crippen LogP contribution is -2.53. The van der Waals surface area contributed by atoms with Gasteiger partial charge < -0.3 is 0 Å². The van der Waals surface area contributed by atoms with Crippen LogP contribution in [0.15, 0.2) is 30.3 Å². The third-order valence-electron chi connectivity index (χ3n) is 5.45. The number of likely N-dealkylation sites (tertiary alicyclic amines) is 1. The maximum atomic E-state index is 2.83. The van der Waals surface area contributed by atoms with Gasteiger partial charge in [0, 0.05) is 5.54 Å². The molecule has 0 aromatic heterocycles. The van der Waals surface area contributed by atoms with Crippen LogP contribution in [0.25, 0.3) is 0 Å². The van der Waals surface area contributed by atoms with E-state index in [1.165, 1.54) is 58.0 Å². The normalized spacial score (nSPS) is 33.2. The minimum Gasteiger partial charge on any atom is -0.293 e. The van der Waals surface area contributed by atoms with Gasteiger partial charge in [0.15, 0.2) is 0 Å². The Balaban J connectivity index is 1.99. The smallest absolute Gasteiger partial charge is 0.0486 e. The SMILES string of the molecule is C[C@@H]1CCCC[C@@]1(c1ccccc1)N1CCCCC1. The molecule has 0 amide bonds. The zero-order valence-electron chi connectivity index (χ0n) is 12.3. The first-order valence-electron chi connectivity index (χ1n) is 8.14. The van der Waals surface area contributed by atoms with Crippen LogP contribution in [0, 0.1) is 5.92 Å². The molecule has 1 aromatic rings. The first-order chi connectivity index (χ1) is 9.34. The van der Waals surface area contributed by atoms with E-state index < -0.39 is 0 Å². The summed E-state index contributed by atoms with van der Waals surface area (Å²) in [6.45, 7) is 5.10. The van der Waals surface area contributed by atoms with E-state index in [4.69, 9.17) is 0 Å². The molecule has 1 saturated heterocycles. The second kappa shape index (κ2) is 5.66. The first kappa shape index (κ1) is 13.2. The summed E-state index contributed by atoms with van der Waals surface area (Å²) in [6, 6.07) is 11.3. The van der Waals surface area contributed by atoms with Gasteiger partial charge >= 0.3 is 0 Å². The third kappa shape index (κ3) is 2.33. The second-order valence-corrected chi connectivity index (χ2v) is 6.48. The molecule has 0 unspecified atom stereocenters. The molecule has 1 heteroatoms. The van der Waals surface area contributed by atoms with Gasteiger partial charge in [0.05, 0.1) is 0 Å². The number of hydrogen-bond donors (Lipinski definition) is 0. The average Bonchev–Trinajstić information content (AvgIpc) is 2.50. The van der Waals surface area contributed by atoms with Crippen LogP contribution < -0.4 is 0 Å². The van der Waals surface area contributed by atoms with Crippen LogP contribution in [0.1, 0.15) is 57.4 Å². The molecule has 1 aliphatic carbocycles. The fraction of sp³-hybridized carbons (Fsp3) is 0.667. The number of hydrogen-bond acceptors (Lipinski definition) is 1. The Morgan fingerprint density at radius 2 is 1.68 bits per heavy atom. The molecule has 3 rings (SSSR count). The van der Waals surface area contributed by atoms with Gasteiger partial charge in [0.1, 0.15) is 0 Å². The third-order valence-corrected chi connectivity index (χ3v) is 5.45. The fourth-order valence-electron chi connectivity index (χ4n) is 4.43. The molecule has 19 heavy (non-hydrogen) atoms. The number of benzene rings is 1. The predicted molar refractivity (Wildman–Crippen MR) is 81.2 cm³/mol. The van der Waals surface area contributed by atoms with Crippen LogP contribution in [0.3, 0.4) is 0 Å². The predicted octanol–water partition coefficient (Wildman–Crippen LogP) is 4.58. The summed E-state index contributed by atoms with van der Waals surface area (Å²) in [7, 11) is 0. The summed E-state index contributed by atoms with van der Waals surface area (Å²) >= 11 is 0. The molecular formula is C18H27N. The summed E-state index contributed by atoms with van der Waals surface area (Å²) in [5.41, 5.74) is 1.91. The average molecular weight is 257 g/mol. The van der Waals surface area contributed by atoms with Gasteiger partial charge in [-0.1, -0.05) is 56.5 Å². The second-order valence-electron chi connectivity index (χ2n) is 6.48. The lowest BCUT2D eigenvalue weighted by atomic mass is 9.68. The summed E-state index contributed by atoms with van der Waals surface area (Å²) < 4.78 is 0. The molecular weight excluding hydrogens is 230 g/mol. The Bertz CT molecular complexity index is 393. The summed E-state index contributed by atoms with van der Waals surface area (Å²) in [5.74, 6) is 0.793. The van der Waals surface area contributed by atoms with E-state index in [0.29, 0.717) is 5.54 Å². The summed E-state index contributed by atoms with van der Waals surface area (Å²) in [5, 5.41) is 0. The van der Waals surface area contributed by atoms with E-state index in [0.717, 1.165) is 5.92 Å². The molecule has 2 aliphatic rings. The van der Waals surface area contributed by atoms with E-state index in [1.54, 1.807) is 5.56 Å². The molecule has 0 bridgehead atoms. The summed E-state index contributed by atoms with van der Waals surface area (Å²) in [6.07, 6.45) is 9.78. The van der Waals surface area contributed by atoms with E-state index >= 15 is 0 Å². The Labute approximate surface area is 118 Å². The van der Waals surface area contributed by atoms with Crippen molar-refractivity contribution in [2.75, 3.05) is 13.1 Å². The van der Waals surface area contributed by atoms with Gasteiger partial charge in [-0.05, 0) is 50.3 Å². The van der Waals surface area contributed by atoms with E-state index in [9.17, 15) is 0 Å².